The van der Waals surface area contributed by atoms with E-state index in [2.05, 4.69) is 62.5 Å². The van der Waals surface area contributed by atoms with E-state index in [1.54, 1.807) is 0 Å². The zero-order valence-corrected chi connectivity index (χ0v) is 31.5. The van der Waals surface area contributed by atoms with E-state index < -0.39 is 36.9 Å². The first-order chi connectivity index (χ1) is 24.2. The van der Waals surface area contributed by atoms with Gasteiger partial charge in [-0.1, -0.05) is 127 Å². The number of hydrogen-bond acceptors (Lipinski definition) is 7. The minimum Gasteiger partial charge on any atom is -0.481 e. The minimum absolute atomic E-state index is 0.0869. The van der Waals surface area contributed by atoms with Crippen LogP contribution in [0, 0.1) is 0 Å². The summed E-state index contributed by atoms with van der Waals surface area (Å²) in [6.45, 7) is 3.78. The average Bonchev–Trinajstić information content (AvgIpc) is 3.10. The number of carboxylic acid groups (broad SMARTS) is 2. The normalized spacial score (nSPS) is 13.2. The van der Waals surface area contributed by atoms with Gasteiger partial charge in [-0.2, -0.15) is 0 Å². The maximum absolute atomic E-state index is 10.3. The molecule has 3 atom stereocenters. The van der Waals surface area contributed by atoms with Crippen LogP contribution in [-0.2, 0) is 14.4 Å². The molecule has 0 spiro atoms. The van der Waals surface area contributed by atoms with Crippen molar-refractivity contribution in [2.24, 2.45) is 0 Å². The summed E-state index contributed by atoms with van der Waals surface area (Å²) in [6.07, 6.45) is 39.9. The Hall–Kier alpha value is -2.59. The topological polar surface area (TPSA) is 173 Å². The molecule has 0 aromatic heterocycles. The van der Waals surface area contributed by atoms with Gasteiger partial charge >= 0.3 is 11.9 Å². The molecule has 9 heteroatoms. The summed E-state index contributed by atoms with van der Waals surface area (Å²) in [7, 11) is 0. The van der Waals surface area contributed by atoms with Gasteiger partial charge in [0, 0.05) is 12.8 Å². The molecule has 0 aliphatic carbocycles. The van der Waals surface area contributed by atoms with Crippen LogP contribution in [0.15, 0.2) is 48.6 Å². The first-order valence-corrected chi connectivity index (χ1v) is 19.3. The number of aliphatic hydroxyl groups is 4. The van der Waals surface area contributed by atoms with Crippen molar-refractivity contribution in [3.8, 4) is 0 Å². The predicted octanol–water partition coefficient (Wildman–Crippen LogP) is 9.03. The van der Waals surface area contributed by atoms with Crippen molar-refractivity contribution in [3.63, 3.8) is 0 Å². The molecule has 0 amide bonds. The Morgan fingerprint density at radius 3 is 1.12 bits per heavy atom. The number of aliphatic hydroxyl groups excluding tert-OH is 4. The summed E-state index contributed by atoms with van der Waals surface area (Å²) >= 11 is 0. The standard InChI is InChI=1S/2C18H32O2.C5H10O5/c2*1-2-3-4-5-6-7-8-9-10-11-12-13-14-15-16-17-18(19)20;6-1-3(8)5(10)4(9)2-7/h2*6-7,9-10H,2-5,8,11-17H2,1H3,(H,19,20);1,3-5,7-10H,2H2/b2*7-6-,10-9-;/t;;3-,4+,5+/m..0/s1. The van der Waals surface area contributed by atoms with Crippen molar-refractivity contribution in [1.82, 2.24) is 0 Å². The Bertz CT molecular complexity index is 795. The quantitative estimate of drug-likeness (QED) is 0.0226. The van der Waals surface area contributed by atoms with E-state index in [0.29, 0.717) is 12.8 Å². The van der Waals surface area contributed by atoms with Crippen molar-refractivity contribution in [1.29, 1.82) is 0 Å². The van der Waals surface area contributed by atoms with Crippen LogP contribution in [-0.4, -0.2) is 73.8 Å². The molecule has 292 valence electrons. The van der Waals surface area contributed by atoms with E-state index in [1.807, 2.05) is 0 Å². The number of aliphatic carboxylic acids is 2. The molecule has 0 bridgehead atoms. The van der Waals surface area contributed by atoms with E-state index >= 15 is 0 Å². The summed E-state index contributed by atoms with van der Waals surface area (Å²) in [6, 6.07) is 0. The van der Waals surface area contributed by atoms with Gasteiger partial charge < -0.3 is 35.4 Å². The second-order valence-corrected chi connectivity index (χ2v) is 12.6. The summed E-state index contributed by atoms with van der Waals surface area (Å²) in [5, 5.41) is 51.1. The van der Waals surface area contributed by atoms with Crippen LogP contribution in [0.25, 0.3) is 0 Å². The molecule has 0 heterocycles. The van der Waals surface area contributed by atoms with Gasteiger partial charge in [-0.15, -0.1) is 0 Å². The average molecular weight is 711 g/mol. The van der Waals surface area contributed by atoms with Crippen LogP contribution in [0.4, 0.5) is 0 Å². The lowest BCUT2D eigenvalue weighted by molar-refractivity contribution is -0.138. The monoisotopic (exact) mass is 711 g/mol. The Labute approximate surface area is 304 Å². The van der Waals surface area contributed by atoms with Gasteiger partial charge in [0.2, 0.25) is 0 Å². The Balaban J connectivity index is -0.000000701. The zero-order valence-electron chi connectivity index (χ0n) is 31.5. The molecule has 0 saturated heterocycles. The molecule has 0 saturated carbocycles. The number of unbranched alkanes of at least 4 members (excludes halogenated alkanes) is 16. The van der Waals surface area contributed by atoms with Gasteiger partial charge in [0.15, 0.2) is 6.29 Å². The molecule has 0 fully saturated rings. The van der Waals surface area contributed by atoms with E-state index in [0.717, 1.165) is 51.4 Å². The van der Waals surface area contributed by atoms with Gasteiger partial charge in [-0.3, -0.25) is 9.59 Å². The van der Waals surface area contributed by atoms with Crippen molar-refractivity contribution in [2.45, 2.75) is 186 Å². The number of aldehydes is 1. The molecule has 50 heavy (non-hydrogen) atoms. The second kappa shape index (κ2) is 44.4. The highest BCUT2D eigenvalue weighted by atomic mass is 16.4. The molecule has 0 unspecified atom stereocenters. The van der Waals surface area contributed by atoms with E-state index in [9.17, 15) is 14.4 Å². The summed E-state index contributed by atoms with van der Waals surface area (Å²) in [4.78, 5) is 30.4. The summed E-state index contributed by atoms with van der Waals surface area (Å²) in [5.41, 5.74) is 0. The molecule has 0 aliphatic heterocycles. The molecule has 0 aliphatic rings. The minimum atomic E-state index is -1.64. The van der Waals surface area contributed by atoms with E-state index in [-0.39, 0.29) is 6.29 Å². The second-order valence-electron chi connectivity index (χ2n) is 12.6. The van der Waals surface area contributed by atoms with Gasteiger partial charge in [-0.05, 0) is 77.0 Å². The van der Waals surface area contributed by atoms with Gasteiger partial charge in [0.1, 0.15) is 18.3 Å². The van der Waals surface area contributed by atoms with Crippen molar-refractivity contribution < 1.29 is 45.0 Å². The maximum Gasteiger partial charge on any atom is 0.303 e. The number of allylic oxidation sites excluding steroid dienone is 8. The van der Waals surface area contributed by atoms with Crippen LogP contribution in [0.2, 0.25) is 0 Å². The van der Waals surface area contributed by atoms with Crippen LogP contribution in [0.5, 0.6) is 0 Å². The first-order valence-electron chi connectivity index (χ1n) is 19.3. The van der Waals surface area contributed by atoms with E-state index in [1.165, 1.54) is 89.9 Å². The predicted molar refractivity (Wildman–Crippen MR) is 205 cm³/mol. The third-order valence-electron chi connectivity index (χ3n) is 7.75. The molecule has 9 nitrogen and oxygen atoms in total. The van der Waals surface area contributed by atoms with Crippen LogP contribution in [0.1, 0.15) is 168 Å². The summed E-state index contributed by atoms with van der Waals surface area (Å²) < 4.78 is 0. The van der Waals surface area contributed by atoms with E-state index in [4.69, 9.17) is 30.6 Å². The number of carboxylic acids is 2. The van der Waals surface area contributed by atoms with Crippen LogP contribution in [0.3, 0.4) is 0 Å². The summed E-state index contributed by atoms with van der Waals surface area (Å²) in [5.74, 6) is -1.34. The lowest BCUT2D eigenvalue weighted by Crippen LogP contribution is -2.40. The fourth-order valence-electron chi connectivity index (χ4n) is 4.59. The number of carbonyl (C=O) groups excluding carboxylic acids is 1. The Morgan fingerprint density at radius 2 is 0.820 bits per heavy atom. The zero-order chi connectivity index (χ0) is 37.9. The smallest absolute Gasteiger partial charge is 0.303 e. The molecule has 0 radical (unpaired) electrons. The molecular weight excluding hydrogens is 636 g/mol. The fourth-order valence-corrected chi connectivity index (χ4v) is 4.59. The van der Waals surface area contributed by atoms with Crippen molar-refractivity contribution in [3.05, 3.63) is 48.6 Å². The third kappa shape index (κ3) is 47.5. The lowest BCUT2D eigenvalue weighted by atomic mass is 10.1. The number of rotatable bonds is 32. The van der Waals surface area contributed by atoms with Crippen LogP contribution < -0.4 is 0 Å². The molecular formula is C41H74O9. The van der Waals surface area contributed by atoms with Gasteiger partial charge in [0.25, 0.3) is 0 Å². The van der Waals surface area contributed by atoms with Crippen molar-refractivity contribution >= 4 is 18.2 Å². The highest BCUT2D eigenvalue weighted by molar-refractivity contribution is 5.66. The Kier molecular flexibility index (Phi) is 46.0. The fraction of sp³-hybridized carbons (Fsp3) is 0.732. The first kappa shape index (κ1) is 51.8. The number of carbonyl (C=O) groups is 3. The number of hydrogen-bond donors (Lipinski definition) is 6. The molecule has 0 aromatic rings. The largest absolute Gasteiger partial charge is 0.481 e. The molecule has 0 rings (SSSR count). The van der Waals surface area contributed by atoms with Crippen LogP contribution >= 0.6 is 0 Å². The SMILES string of the molecule is CCCCC/C=C\C/C=C\CCCCCCCC(=O)O.CCCCC/C=C\C/C=C\CCCCCCCC(=O)O.O=C[C@H](O)[C@@H](O)[C@H](O)CO. The van der Waals surface area contributed by atoms with Gasteiger partial charge in [-0.25, -0.2) is 0 Å². The highest BCUT2D eigenvalue weighted by Gasteiger charge is 2.22. The molecule has 6 N–H and O–H groups in total. The molecule has 0 aromatic carbocycles. The highest BCUT2D eigenvalue weighted by Crippen LogP contribution is 2.09. The Morgan fingerprint density at radius 1 is 0.500 bits per heavy atom. The lowest BCUT2D eigenvalue weighted by Gasteiger charge is -2.16. The van der Waals surface area contributed by atoms with Gasteiger partial charge in [0.05, 0.1) is 6.61 Å². The van der Waals surface area contributed by atoms with Crippen molar-refractivity contribution in [2.75, 3.05) is 6.61 Å². The maximum atomic E-state index is 10.3. The third-order valence-corrected chi connectivity index (χ3v) is 7.75.